The van der Waals surface area contributed by atoms with E-state index in [2.05, 4.69) is 27.1 Å². The van der Waals surface area contributed by atoms with Gasteiger partial charge >= 0.3 is 0 Å². The molecule has 1 aromatic rings. The molecule has 7 nitrogen and oxygen atoms in total. The summed E-state index contributed by atoms with van der Waals surface area (Å²) in [6.07, 6.45) is 7.43. The number of imidazole rings is 1. The Morgan fingerprint density at radius 2 is 2.24 bits per heavy atom. The topological polar surface area (TPSA) is 79.3 Å². The van der Waals surface area contributed by atoms with Crippen LogP contribution >= 0.6 is 0 Å². The standard InChI is InChI=1S/C18H27N5O2/c1-2-22-8-7-20-15(22)12-23(17(25)13-9-16(24)21-11-13)14-10-18(14)3-5-19-6-4-18/h7-8,13-14,19H,2-6,9-12H2,1H3,(H,21,24). The normalized spacial score (nSPS) is 27.3. The van der Waals surface area contributed by atoms with E-state index in [0.717, 1.165) is 44.7 Å². The van der Waals surface area contributed by atoms with E-state index in [0.29, 0.717) is 25.6 Å². The third-order valence-corrected chi connectivity index (χ3v) is 6.19. The summed E-state index contributed by atoms with van der Waals surface area (Å²) in [5.41, 5.74) is 0.278. The van der Waals surface area contributed by atoms with Crippen LogP contribution in [0.15, 0.2) is 12.4 Å². The first-order chi connectivity index (χ1) is 12.1. The molecule has 2 unspecified atom stereocenters. The summed E-state index contributed by atoms with van der Waals surface area (Å²) in [5.74, 6) is 0.811. The minimum absolute atomic E-state index is 0.0132. The van der Waals surface area contributed by atoms with Gasteiger partial charge < -0.3 is 20.1 Å². The smallest absolute Gasteiger partial charge is 0.228 e. The molecule has 3 heterocycles. The van der Waals surface area contributed by atoms with Crippen molar-refractivity contribution in [2.45, 2.75) is 51.7 Å². The molecule has 7 heteroatoms. The third-order valence-electron chi connectivity index (χ3n) is 6.19. The summed E-state index contributed by atoms with van der Waals surface area (Å²) in [6, 6.07) is 0.291. The summed E-state index contributed by atoms with van der Waals surface area (Å²) in [5, 5.41) is 6.22. The Morgan fingerprint density at radius 1 is 1.44 bits per heavy atom. The number of carbonyl (C=O) groups excluding carboxylic acids is 2. The first-order valence-corrected chi connectivity index (χ1v) is 9.41. The van der Waals surface area contributed by atoms with E-state index in [4.69, 9.17) is 0 Å². The van der Waals surface area contributed by atoms with Crippen LogP contribution < -0.4 is 10.6 Å². The van der Waals surface area contributed by atoms with Crippen LogP contribution in [-0.4, -0.2) is 51.9 Å². The molecule has 25 heavy (non-hydrogen) atoms. The molecule has 0 aromatic carbocycles. The van der Waals surface area contributed by atoms with Gasteiger partial charge in [0.25, 0.3) is 0 Å². The van der Waals surface area contributed by atoms with Gasteiger partial charge in [0.05, 0.1) is 12.5 Å². The Balaban J connectivity index is 1.55. The minimum atomic E-state index is -0.225. The Morgan fingerprint density at radius 3 is 2.92 bits per heavy atom. The van der Waals surface area contributed by atoms with Gasteiger partial charge in [-0.15, -0.1) is 0 Å². The summed E-state index contributed by atoms with van der Waals surface area (Å²) >= 11 is 0. The maximum Gasteiger partial charge on any atom is 0.228 e. The van der Waals surface area contributed by atoms with Gasteiger partial charge in [-0.2, -0.15) is 0 Å². The van der Waals surface area contributed by atoms with Gasteiger partial charge in [-0.3, -0.25) is 9.59 Å². The van der Waals surface area contributed by atoms with E-state index in [1.165, 1.54) is 0 Å². The molecule has 1 saturated carbocycles. The highest BCUT2D eigenvalue weighted by Crippen LogP contribution is 2.56. The molecule has 1 aliphatic carbocycles. The number of rotatable bonds is 5. The zero-order valence-corrected chi connectivity index (χ0v) is 14.8. The fourth-order valence-electron chi connectivity index (χ4n) is 4.52. The highest BCUT2D eigenvalue weighted by Gasteiger charge is 2.58. The number of hydrogen-bond donors (Lipinski definition) is 2. The van der Waals surface area contributed by atoms with Crippen molar-refractivity contribution in [3.8, 4) is 0 Å². The van der Waals surface area contributed by atoms with Crippen LogP contribution in [0.3, 0.4) is 0 Å². The maximum atomic E-state index is 13.2. The highest BCUT2D eigenvalue weighted by atomic mass is 16.2. The first kappa shape index (κ1) is 16.6. The number of amides is 2. The molecule has 1 spiro atoms. The lowest BCUT2D eigenvalue weighted by Crippen LogP contribution is -2.42. The van der Waals surface area contributed by atoms with Crippen molar-refractivity contribution < 1.29 is 9.59 Å². The van der Waals surface area contributed by atoms with Crippen molar-refractivity contribution in [2.75, 3.05) is 19.6 Å². The van der Waals surface area contributed by atoms with Crippen molar-refractivity contribution in [1.29, 1.82) is 0 Å². The number of nitrogens with zero attached hydrogens (tertiary/aromatic N) is 3. The third kappa shape index (κ3) is 3.05. The number of piperidine rings is 1. The lowest BCUT2D eigenvalue weighted by Gasteiger charge is -2.31. The molecular formula is C18H27N5O2. The second-order valence-electron chi connectivity index (χ2n) is 7.63. The van der Waals surface area contributed by atoms with Gasteiger partial charge in [0.2, 0.25) is 11.8 Å². The van der Waals surface area contributed by atoms with Crippen molar-refractivity contribution in [3.63, 3.8) is 0 Å². The van der Waals surface area contributed by atoms with Crippen LogP contribution in [0.4, 0.5) is 0 Å². The van der Waals surface area contributed by atoms with E-state index >= 15 is 0 Å². The molecular weight excluding hydrogens is 318 g/mol. The van der Waals surface area contributed by atoms with Crippen LogP contribution in [-0.2, 0) is 22.7 Å². The van der Waals surface area contributed by atoms with Crippen LogP contribution in [0, 0.1) is 11.3 Å². The predicted octanol–water partition coefficient (Wildman–Crippen LogP) is 0.510. The van der Waals surface area contributed by atoms with Crippen molar-refractivity contribution in [1.82, 2.24) is 25.1 Å². The first-order valence-electron chi connectivity index (χ1n) is 9.41. The Labute approximate surface area is 148 Å². The zero-order chi connectivity index (χ0) is 17.4. The molecule has 2 saturated heterocycles. The Hall–Kier alpha value is -1.89. The number of aromatic nitrogens is 2. The summed E-state index contributed by atoms with van der Waals surface area (Å²) < 4.78 is 2.09. The summed E-state index contributed by atoms with van der Waals surface area (Å²) in [4.78, 5) is 31.3. The van der Waals surface area contributed by atoms with Crippen LogP contribution in [0.2, 0.25) is 0 Å². The number of nitrogens with one attached hydrogen (secondary N) is 2. The molecule has 3 fully saturated rings. The second kappa shape index (κ2) is 6.44. The average molecular weight is 345 g/mol. The molecule has 3 aliphatic rings. The largest absolute Gasteiger partial charge is 0.355 e. The minimum Gasteiger partial charge on any atom is -0.355 e. The average Bonchev–Trinajstić information content (AvgIpc) is 2.99. The van der Waals surface area contributed by atoms with Gasteiger partial charge in [-0.25, -0.2) is 4.98 Å². The fourth-order valence-corrected chi connectivity index (χ4v) is 4.52. The van der Waals surface area contributed by atoms with Gasteiger partial charge in [0, 0.05) is 37.9 Å². The summed E-state index contributed by atoms with van der Waals surface area (Å²) in [7, 11) is 0. The zero-order valence-electron chi connectivity index (χ0n) is 14.8. The van der Waals surface area contributed by atoms with Gasteiger partial charge in [0.1, 0.15) is 5.82 Å². The van der Waals surface area contributed by atoms with E-state index < -0.39 is 0 Å². The summed E-state index contributed by atoms with van der Waals surface area (Å²) in [6.45, 7) is 6.02. The van der Waals surface area contributed by atoms with Gasteiger partial charge in [0.15, 0.2) is 0 Å². The Kier molecular flexibility index (Phi) is 4.27. The molecule has 0 bridgehead atoms. The number of aryl methyl sites for hydroxylation is 1. The monoisotopic (exact) mass is 345 g/mol. The predicted molar refractivity (Wildman–Crippen MR) is 92.5 cm³/mol. The fraction of sp³-hybridized carbons (Fsp3) is 0.722. The Bertz CT molecular complexity index is 664. The molecule has 2 N–H and O–H groups in total. The van der Waals surface area contributed by atoms with Crippen molar-refractivity contribution in [3.05, 3.63) is 18.2 Å². The molecule has 2 aliphatic heterocycles. The van der Waals surface area contributed by atoms with E-state index in [9.17, 15) is 9.59 Å². The molecule has 0 radical (unpaired) electrons. The van der Waals surface area contributed by atoms with Crippen molar-refractivity contribution in [2.24, 2.45) is 11.3 Å². The van der Waals surface area contributed by atoms with Gasteiger partial charge in [-0.1, -0.05) is 0 Å². The van der Waals surface area contributed by atoms with Gasteiger partial charge in [-0.05, 0) is 44.7 Å². The molecule has 4 rings (SSSR count). The van der Waals surface area contributed by atoms with E-state index in [-0.39, 0.29) is 23.1 Å². The van der Waals surface area contributed by atoms with Crippen molar-refractivity contribution >= 4 is 11.8 Å². The molecule has 136 valence electrons. The second-order valence-corrected chi connectivity index (χ2v) is 7.63. The van der Waals surface area contributed by atoms with Crippen LogP contribution in [0.1, 0.15) is 38.4 Å². The molecule has 2 amide bonds. The van der Waals surface area contributed by atoms with Crippen LogP contribution in [0.5, 0.6) is 0 Å². The highest BCUT2D eigenvalue weighted by molar-refractivity contribution is 5.89. The molecule has 2 atom stereocenters. The maximum absolute atomic E-state index is 13.2. The van der Waals surface area contributed by atoms with E-state index in [1.807, 2.05) is 11.1 Å². The number of carbonyl (C=O) groups is 2. The van der Waals surface area contributed by atoms with Crippen LogP contribution in [0.25, 0.3) is 0 Å². The quantitative estimate of drug-likeness (QED) is 0.815. The number of hydrogen-bond acceptors (Lipinski definition) is 4. The molecule has 1 aromatic heterocycles. The SMILES string of the molecule is CCn1ccnc1CN(C(=O)C1CNC(=O)C1)C1CC12CCNCC2. The lowest BCUT2D eigenvalue weighted by molar-refractivity contribution is -0.137. The van der Waals surface area contributed by atoms with E-state index in [1.54, 1.807) is 6.20 Å². The lowest BCUT2D eigenvalue weighted by atomic mass is 9.93.